The maximum atomic E-state index is 11.9. The summed E-state index contributed by atoms with van der Waals surface area (Å²) in [5.41, 5.74) is 6.08. The summed E-state index contributed by atoms with van der Waals surface area (Å²) in [6.07, 6.45) is 11.6. The van der Waals surface area contributed by atoms with Crippen LogP contribution in [0.25, 0.3) is 0 Å². The van der Waals surface area contributed by atoms with E-state index in [4.69, 9.17) is 5.73 Å². The van der Waals surface area contributed by atoms with Crippen LogP contribution in [0.4, 0.5) is 0 Å². The highest BCUT2D eigenvalue weighted by Crippen LogP contribution is 2.25. The first-order valence-corrected chi connectivity index (χ1v) is 8.62. The molecule has 0 aliphatic heterocycles. The van der Waals surface area contributed by atoms with Crippen LogP contribution >= 0.6 is 0 Å². The molecule has 3 heteroatoms. The van der Waals surface area contributed by atoms with E-state index in [1.54, 1.807) is 0 Å². The fourth-order valence-electron chi connectivity index (χ4n) is 3.06. The van der Waals surface area contributed by atoms with E-state index in [0.717, 1.165) is 31.7 Å². The molecule has 118 valence electrons. The van der Waals surface area contributed by atoms with Crippen LogP contribution < -0.4 is 11.1 Å². The lowest BCUT2D eigenvalue weighted by Gasteiger charge is -2.27. The molecule has 0 aromatic rings. The molecule has 0 aromatic heterocycles. The topological polar surface area (TPSA) is 55.1 Å². The highest BCUT2D eigenvalue weighted by molar-refractivity contribution is 5.76. The Bertz CT molecular complexity index is 266. The van der Waals surface area contributed by atoms with Gasteiger partial charge < -0.3 is 11.1 Å². The van der Waals surface area contributed by atoms with Crippen molar-refractivity contribution in [2.45, 2.75) is 84.1 Å². The molecule has 0 radical (unpaired) electrons. The van der Waals surface area contributed by atoms with Crippen molar-refractivity contribution in [3.05, 3.63) is 0 Å². The third kappa shape index (κ3) is 7.88. The number of carbonyl (C=O) groups is 1. The van der Waals surface area contributed by atoms with Gasteiger partial charge >= 0.3 is 0 Å². The second-order valence-corrected chi connectivity index (χ2v) is 6.86. The van der Waals surface area contributed by atoms with Crippen LogP contribution in [-0.4, -0.2) is 18.5 Å². The van der Waals surface area contributed by atoms with Crippen LogP contribution in [0.15, 0.2) is 0 Å². The van der Waals surface area contributed by atoms with E-state index in [-0.39, 0.29) is 11.9 Å². The molecule has 0 saturated heterocycles. The van der Waals surface area contributed by atoms with E-state index in [1.807, 2.05) is 0 Å². The summed E-state index contributed by atoms with van der Waals surface area (Å²) in [7, 11) is 0. The molecular weight excluding hydrogens is 248 g/mol. The Labute approximate surface area is 125 Å². The molecule has 2 atom stereocenters. The van der Waals surface area contributed by atoms with Crippen LogP contribution in [0.5, 0.6) is 0 Å². The molecule has 3 nitrogen and oxygen atoms in total. The minimum atomic E-state index is 0.203. The van der Waals surface area contributed by atoms with Crippen LogP contribution in [0.1, 0.15) is 78.1 Å². The van der Waals surface area contributed by atoms with Gasteiger partial charge in [0.05, 0.1) is 0 Å². The zero-order valence-electron chi connectivity index (χ0n) is 13.5. The van der Waals surface area contributed by atoms with Gasteiger partial charge in [-0.15, -0.1) is 0 Å². The lowest BCUT2D eigenvalue weighted by molar-refractivity contribution is -0.122. The maximum Gasteiger partial charge on any atom is 0.220 e. The van der Waals surface area contributed by atoms with Crippen molar-refractivity contribution >= 4 is 5.91 Å². The van der Waals surface area contributed by atoms with Gasteiger partial charge in [-0.2, -0.15) is 0 Å². The number of nitrogens with two attached hydrogens (primary N) is 1. The SMILES string of the molecule is CC(C)CCCCCCNC(=O)CC1CCCCC1N. The zero-order valence-corrected chi connectivity index (χ0v) is 13.5. The summed E-state index contributed by atoms with van der Waals surface area (Å²) in [5, 5.41) is 3.06. The van der Waals surface area contributed by atoms with Crippen molar-refractivity contribution in [3.8, 4) is 0 Å². The van der Waals surface area contributed by atoms with E-state index in [2.05, 4.69) is 19.2 Å². The summed E-state index contributed by atoms with van der Waals surface area (Å²) in [4.78, 5) is 11.9. The minimum Gasteiger partial charge on any atom is -0.356 e. The fourth-order valence-corrected chi connectivity index (χ4v) is 3.06. The first-order chi connectivity index (χ1) is 9.59. The molecular formula is C17H34N2O. The number of rotatable bonds is 9. The Balaban J connectivity index is 1.97. The summed E-state index contributed by atoms with van der Waals surface area (Å²) < 4.78 is 0. The molecule has 0 aromatic carbocycles. The summed E-state index contributed by atoms with van der Waals surface area (Å²) in [5.74, 6) is 1.43. The van der Waals surface area contributed by atoms with Crippen molar-refractivity contribution < 1.29 is 4.79 Å². The van der Waals surface area contributed by atoms with Gasteiger partial charge in [0.1, 0.15) is 0 Å². The summed E-state index contributed by atoms with van der Waals surface area (Å²) in [6.45, 7) is 5.38. The number of carbonyl (C=O) groups excluding carboxylic acids is 1. The number of hydrogen-bond donors (Lipinski definition) is 2. The highest BCUT2D eigenvalue weighted by atomic mass is 16.1. The Kier molecular flexibility index (Phi) is 8.92. The average Bonchev–Trinajstić information content (AvgIpc) is 2.40. The molecule has 1 aliphatic carbocycles. The normalized spacial score (nSPS) is 23.0. The standard InChI is InChI=1S/C17H34N2O/c1-14(2)9-5-3-4-8-12-19-17(20)13-15-10-6-7-11-16(15)18/h14-16H,3-13,18H2,1-2H3,(H,19,20). The van der Waals surface area contributed by atoms with E-state index >= 15 is 0 Å². The molecule has 3 N–H and O–H groups in total. The van der Waals surface area contributed by atoms with E-state index in [9.17, 15) is 4.79 Å². The van der Waals surface area contributed by atoms with Gasteiger partial charge in [-0.1, -0.05) is 52.4 Å². The van der Waals surface area contributed by atoms with Crippen LogP contribution in [0.2, 0.25) is 0 Å². The molecule has 20 heavy (non-hydrogen) atoms. The summed E-state index contributed by atoms with van der Waals surface area (Å²) in [6, 6.07) is 0.241. The molecule has 0 bridgehead atoms. The van der Waals surface area contributed by atoms with Gasteiger partial charge in [-0.05, 0) is 31.1 Å². The number of amides is 1. The molecule has 0 spiro atoms. The van der Waals surface area contributed by atoms with Gasteiger partial charge in [0, 0.05) is 19.0 Å². The third-order valence-electron chi connectivity index (χ3n) is 4.45. The molecule has 1 saturated carbocycles. The zero-order chi connectivity index (χ0) is 14.8. The monoisotopic (exact) mass is 282 g/mol. The predicted molar refractivity (Wildman–Crippen MR) is 85.5 cm³/mol. The Morgan fingerprint density at radius 1 is 1.15 bits per heavy atom. The fraction of sp³-hybridized carbons (Fsp3) is 0.941. The first-order valence-electron chi connectivity index (χ1n) is 8.62. The number of unbranched alkanes of at least 4 members (excludes halogenated alkanes) is 3. The third-order valence-corrected chi connectivity index (χ3v) is 4.45. The molecule has 2 unspecified atom stereocenters. The van der Waals surface area contributed by atoms with Gasteiger partial charge in [-0.25, -0.2) is 0 Å². The quantitative estimate of drug-likeness (QED) is 0.635. The van der Waals surface area contributed by atoms with Gasteiger partial charge in [0.15, 0.2) is 0 Å². The van der Waals surface area contributed by atoms with E-state index in [0.29, 0.717) is 12.3 Å². The van der Waals surface area contributed by atoms with Crippen molar-refractivity contribution in [1.82, 2.24) is 5.32 Å². The summed E-state index contributed by atoms with van der Waals surface area (Å²) >= 11 is 0. The van der Waals surface area contributed by atoms with Gasteiger partial charge in [-0.3, -0.25) is 4.79 Å². The van der Waals surface area contributed by atoms with Crippen LogP contribution in [-0.2, 0) is 4.79 Å². The minimum absolute atomic E-state index is 0.203. The Morgan fingerprint density at radius 2 is 1.85 bits per heavy atom. The molecule has 0 heterocycles. The van der Waals surface area contributed by atoms with Crippen LogP contribution in [0, 0.1) is 11.8 Å². The highest BCUT2D eigenvalue weighted by Gasteiger charge is 2.23. The lowest BCUT2D eigenvalue weighted by atomic mass is 9.83. The smallest absolute Gasteiger partial charge is 0.220 e. The average molecular weight is 282 g/mol. The Hall–Kier alpha value is -0.570. The van der Waals surface area contributed by atoms with Gasteiger partial charge in [0.25, 0.3) is 0 Å². The van der Waals surface area contributed by atoms with E-state index < -0.39 is 0 Å². The van der Waals surface area contributed by atoms with Crippen LogP contribution in [0.3, 0.4) is 0 Å². The van der Waals surface area contributed by atoms with E-state index in [1.165, 1.54) is 38.5 Å². The van der Waals surface area contributed by atoms with Crippen molar-refractivity contribution in [3.63, 3.8) is 0 Å². The molecule has 1 aliphatic rings. The molecule has 1 rings (SSSR count). The predicted octanol–water partition coefficient (Wildman–Crippen LogP) is 3.62. The maximum absolute atomic E-state index is 11.9. The number of nitrogens with one attached hydrogen (secondary N) is 1. The van der Waals surface area contributed by atoms with Gasteiger partial charge in [0.2, 0.25) is 5.91 Å². The first kappa shape index (κ1) is 17.5. The second-order valence-electron chi connectivity index (χ2n) is 6.86. The Morgan fingerprint density at radius 3 is 2.55 bits per heavy atom. The molecule has 1 amide bonds. The largest absolute Gasteiger partial charge is 0.356 e. The second kappa shape index (κ2) is 10.2. The lowest BCUT2D eigenvalue weighted by Crippen LogP contribution is -2.37. The van der Waals surface area contributed by atoms with Crippen molar-refractivity contribution in [2.24, 2.45) is 17.6 Å². The van der Waals surface area contributed by atoms with Crippen molar-refractivity contribution in [1.29, 1.82) is 0 Å². The van der Waals surface area contributed by atoms with Crippen molar-refractivity contribution in [2.75, 3.05) is 6.54 Å². The molecule has 1 fully saturated rings. The number of hydrogen-bond acceptors (Lipinski definition) is 2.